The van der Waals surface area contributed by atoms with Crippen molar-refractivity contribution in [2.75, 3.05) is 7.05 Å². The van der Waals surface area contributed by atoms with Crippen LogP contribution in [0.1, 0.15) is 5.56 Å². The Kier molecular flexibility index (Phi) is 2.82. The standard InChI is InChI=1S/C15H15N3/c1-16-10-13-8-5-9-18-14(13)11-17-15(18)12-6-3-2-4-7-12/h2-9,11,16H,10H2,1H3. The second-order valence-electron chi connectivity index (χ2n) is 4.27. The molecular weight excluding hydrogens is 222 g/mol. The molecule has 3 aromatic rings. The molecule has 0 spiro atoms. The molecule has 3 heteroatoms. The third-order valence-corrected chi connectivity index (χ3v) is 3.06. The van der Waals surface area contributed by atoms with Gasteiger partial charge in [-0.15, -0.1) is 0 Å². The zero-order chi connectivity index (χ0) is 12.4. The van der Waals surface area contributed by atoms with Crippen molar-refractivity contribution in [2.45, 2.75) is 6.54 Å². The van der Waals surface area contributed by atoms with Gasteiger partial charge in [-0.05, 0) is 18.7 Å². The molecule has 0 aliphatic carbocycles. The summed E-state index contributed by atoms with van der Waals surface area (Å²) in [5.41, 5.74) is 3.56. The van der Waals surface area contributed by atoms with Gasteiger partial charge in [0.1, 0.15) is 5.82 Å². The second-order valence-corrected chi connectivity index (χ2v) is 4.27. The molecule has 0 saturated carbocycles. The van der Waals surface area contributed by atoms with Crippen LogP contribution in [0.4, 0.5) is 0 Å². The predicted octanol–water partition coefficient (Wildman–Crippen LogP) is 2.72. The minimum Gasteiger partial charge on any atom is -0.316 e. The van der Waals surface area contributed by atoms with E-state index in [1.165, 1.54) is 5.56 Å². The number of benzene rings is 1. The monoisotopic (exact) mass is 237 g/mol. The Labute approximate surface area is 106 Å². The van der Waals surface area contributed by atoms with Crippen LogP contribution in [-0.4, -0.2) is 16.4 Å². The number of rotatable bonds is 3. The average molecular weight is 237 g/mol. The molecule has 0 unspecified atom stereocenters. The van der Waals surface area contributed by atoms with Gasteiger partial charge in [0.2, 0.25) is 0 Å². The van der Waals surface area contributed by atoms with E-state index in [9.17, 15) is 0 Å². The van der Waals surface area contributed by atoms with Crippen molar-refractivity contribution in [3.8, 4) is 11.4 Å². The fourth-order valence-corrected chi connectivity index (χ4v) is 2.22. The van der Waals surface area contributed by atoms with Crippen molar-refractivity contribution in [1.29, 1.82) is 0 Å². The van der Waals surface area contributed by atoms with Crippen LogP contribution in [0.25, 0.3) is 16.9 Å². The maximum absolute atomic E-state index is 4.54. The van der Waals surface area contributed by atoms with Crippen molar-refractivity contribution < 1.29 is 0 Å². The van der Waals surface area contributed by atoms with Crippen LogP contribution in [0.5, 0.6) is 0 Å². The Morgan fingerprint density at radius 1 is 1.11 bits per heavy atom. The van der Waals surface area contributed by atoms with E-state index in [1.54, 1.807) is 0 Å². The van der Waals surface area contributed by atoms with Crippen molar-refractivity contribution in [3.05, 3.63) is 60.4 Å². The molecule has 3 rings (SSSR count). The Morgan fingerprint density at radius 2 is 1.94 bits per heavy atom. The van der Waals surface area contributed by atoms with E-state index in [0.717, 1.165) is 23.4 Å². The Bertz CT molecular complexity index is 656. The molecule has 1 N–H and O–H groups in total. The highest BCUT2D eigenvalue weighted by atomic mass is 15.0. The number of aromatic nitrogens is 2. The lowest BCUT2D eigenvalue weighted by molar-refractivity contribution is 0.819. The Hall–Kier alpha value is -2.13. The van der Waals surface area contributed by atoms with Crippen LogP contribution >= 0.6 is 0 Å². The highest BCUT2D eigenvalue weighted by molar-refractivity contribution is 5.64. The van der Waals surface area contributed by atoms with Gasteiger partial charge in [-0.3, -0.25) is 4.40 Å². The van der Waals surface area contributed by atoms with E-state index in [4.69, 9.17) is 0 Å². The number of nitrogens with one attached hydrogen (secondary N) is 1. The average Bonchev–Trinajstić information content (AvgIpc) is 2.85. The van der Waals surface area contributed by atoms with E-state index in [0.29, 0.717) is 0 Å². The van der Waals surface area contributed by atoms with E-state index < -0.39 is 0 Å². The van der Waals surface area contributed by atoms with Crippen molar-refractivity contribution in [3.63, 3.8) is 0 Å². The zero-order valence-electron chi connectivity index (χ0n) is 10.3. The topological polar surface area (TPSA) is 29.3 Å². The van der Waals surface area contributed by atoms with Gasteiger partial charge in [-0.1, -0.05) is 36.4 Å². The van der Waals surface area contributed by atoms with Crippen molar-refractivity contribution >= 4 is 5.52 Å². The number of nitrogens with zero attached hydrogens (tertiary/aromatic N) is 2. The van der Waals surface area contributed by atoms with Crippen LogP contribution in [0.3, 0.4) is 0 Å². The lowest BCUT2D eigenvalue weighted by Crippen LogP contribution is -2.06. The van der Waals surface area contributed by atoms with Gasteiger partial charge in [0, 0.05) is 18.3 Å². The largest absolute Gasteiger partial charge is 0.316 e. The van der Waals surface area contributed by atoms with Crippen LogP contribution in [0.2, 0.25) is 0 Å². The summed E-state index contributed by atoms with van der Waals surface area (Å²) in [6, 6.07) is 14.4. The third kappa shape index (κ3) is 1.79. The van der Waals surface area contributed by atoms with Crippen LogP contribution < -0.4 is 5.32 Å². The highest BCUT2D eigenvalue weighted by Gasteiger charge is 2.07. The second kappa shape index (κ2) is 4.63. The fraction of sp³-hybridized carbons (Fsp3) is 0.133. The molecular formula is C15H15N3. The minimum atomic E-state index is 0.851. The molecule has 0 amide bonds. The molecule has 0 bridgehead atoms. The maximum Gasteiger partial charge on any atom is 0.144 e. The van der Waals surface area contributed by atoms with E-state index >= 15 is 0 Å². The van der Waals surface area contributed by atoms with Crippen LogP contribution in [-0.2, 0) is 6.54 Å². The number of fused-ring (bicyclic) bond motifs is 1. The number of imidazole rings is 1. The molecule has 90 valence electrons. The molecule has 3 nitrogen and oxygen atoms in total. The van der Waals surface area contributed by atoms with E-state index in [2.05, 4.69) is 45.2 Å². The fourth-order valence-electron chi connectivity index (χ4n) is 2.22. The summed E-state index contributed by atoms with van der Waals surface area (Å²) >= 11 is 0. The first kappa shape index (κ1) is 11.0. The van der Waals surface area contributed by atoms with Gasteiger partial charge in [-0.25, -0.2) is 4.98 Å². The van der Waals surface area contributed by atoms with Gasteiger partial charge >= 0.3 is 0 Å². The van der Waals surface area contributed by atoms with Gasteiger partial charge < -0.3 is 5.32 Å². The molecule has 2 heterocycles. The first-order chi connectivity index (χ1) is 8.90. The number of hydrogen-bond donors (Lipinski definition) is 1. The van der Waals surface area contributed by atoms with Crippen molar-refractivity contribution in [1.82, 2.24) is 14.7 Å². The normalized spacial score (nSPS) is 10.9. The van der Waals surface area contributed by atoms with Crippen molar-refractivity contribution in [2.24, 2.45) is 0 Å². The summed E-state index contributed by atoms with van der Waals surface area (Å²) < 4.78 is 2.14. The lowest BCUT2D eigenvalue weighted by atomic mass is 10.2. The molecule has 0 saturated heterocycles. The molecule has 18 heavy (non-hydrogen) atoms. The summed E-state index contributed by atoms with van der Waals surface area (Å²) in [6.07, 6.45) is 4.00. The van der Waals surface area contributed by atoms with Gasteiger partial charge in [0.05, 0.1) is 11.7 Å². The molecule has 0 aliphatic rings. The molecule has 0 aliphatic heterocycles. The summed E-state index contributed by atoms with van der Waals surface area (Å²) in [6.45, 7) is 0.851. The minimum absolute atomic E-state index is 0.851. The molecule has 0 atom stereocenters. The quantitative estimate of drug-likeness (QED) is 0.759. The van der Waals surface area contributed by atoms with Gasteiger partial charge in [-0.2, -0.15) is 0 Å². The first-order valence-corrected chi connectivity index (χ1v) is 6.05. The van der Waals surface area contributed by atoms with E-state index in [-0.39, 0.29) is 0 Å². The number of hydrogen-bond acceptors (Lipinski definition) is 2. The molecule has 0 fully saturated rings. The maximum atomic E-state index is 4.54. The summed E-state index contributed by atoms with van der Waals surface area (Å²) in [5.74, 6) is 0.989. The third-order valence-electron chi connectivity index (χ3n) is 3.06. The molecule has 2 aromatic heterocycles. The summed E-state index contributed by atoms with van der Waals surface area (Å²) in [7, 11) is 1.96. The summed E-state index contributed by atoms with van der Waals surface area (Å²) in [4.78, 5) is 4.54. The summed E-state index contributed by atoms with van der Waals surface area (Å²) in [5, 5.41) is 3.18. The van der Waals surface area contributed by atoms with Gasteiger partial charge in [0.15, 0.2) is 0 Å². The Morgan fingerprint density at radius 3 is 2.72 bits per heavy atom. The van der Waals surface area contributed by atoms with E-state index in [1.807, 2.05) is 31.4 Å². The van der Waals surface area contributed by atoms with Crippen LogP contribution in [0.15, 0.2) is 54.9 Å². The molecule has 1 aromatic carbocycles. The van der Waals surface area contributed by atoms with Gasteiger partial charge in [0.25, 0.3) is 0 Å². The van der Waals surface area contributed by atoms with Crippen LogP contribution in [0, 0.1) is 0 Å². The SMILES string of the molecule is CNCc1cccn2c(-c3ccccc3)ncc12. The number of pyridine rings is 1. The Balaban J connectivity index is 2.18. The lowest BCUT2D eigenvalue weighted by Gasteiger charge is -2.05. The smallest absolute Gasteiger partial charge is 0.144 e. The molecule has 0 radical (unpaired) electrons. The first-order valence-electron chi connectivity index (χ1n) is 6.05. The zero-order valence-corrected chi connectivity index (χ0v) is 10.3. The highest BCUT2D eigenvalue weighted by Crippen LogP contribution is 2.21. The predicted molar refractivity (Wildman–Crippen MR) is 73.4 cm³/mol.